The van der Waals surface area contributed by atoms with Gasteiger partial charge in [0.25, 0.3) is 0 Å². The summed E-state index contributed by atoms with van der Waals surface area (Å²) < 4.78 is 30.0. The Kier molecular flexibility index (Phi) is 2.75. The normalized spacial score (nSPS) is 34.9. The second-order valence-electron chi connectivity index (χ2n) is 6.38. The Bertz CT molecular complexity index is 769. The fraction of sp³-hybridized carbons (Fsp3) is 0.500. The lowest BCUT2D eigenvalue weighted by molar-refractivity contribution is 0.00512. The molecule has 2 unspecified atom stereocenters. The maximum Gasteiger partial charge on any atom is 0.156 e. The number of fused-ring (bicyclic) bond motifs is 3. The van der Waals surface area contributed by atoms with Crippen molar-refractivity contribution >= 4 is 20.8 Å². The first-order valence-corrected chi connectivity index (χ1v) is 9.03. The lowest BCUT2D eigenvalue weighted by Crippen LogP contribution is -2.50. The number of hydrogen-bond acceptors (Lipinski definition) is 4. The topological polar surface area (TPSA) is 67.5 Å². The molecule has 2 aliphatic rings. The molecule has 1 N–H and O–H groups in total. The van der Waals surface area contributed by atoms with Crippen LogP contribution in [0.4, 0.5) is 0 Å². The lowest BCUT2D eigenvalue weighted by Gasteiger charge is -2.44. The van der Waals surface area contributed by atoms with Gasteiger partial charge < -0.3 is 9.52 Å². The van der Waals surface area contributed by atoms with Crippen molar-refractivity contribution < 1.29 is 17.9 Å². The van der Waals surface area contributed by atoms with Crippen molar-refractivity contribution in [3.05, 3.63) is 36.1 Å². The maximum absolute atomic E-state index is 12.4. The Hall–Kier alpha value is -1.33. The van der Waals surface area contributed by atoms with E-state index in [4.69, 9.17) is 4.42 Å². The Balaban J connectivity index is 1.77. The van der Waals surface area contributed by atoms with Crippen molar-refractivity contribution in [3.8, 4) is 0 Å². The van der Waals surface area contributed by atoms with Crippen LogP contribution >= 0.6 is 0 Å². The van der Waals surface area contributed by atoms with Gasteiger partial charge in [-0.25, -0.2) is 8.42 Å². The van der Waals surface area contributed by atoms with Crippen LogP contribution in [0.25, 0.3) is 11.0 Å². The number of sulfone groups is 1. The zero-order valence-electron chi connectivity index (χ0n) is 11.7. The van der Waals surface area contributed by atoms with Crippen molar-refractivity contribution in [2.45, 2.75) is 48.2 Å². The van der Waals surface area contributed by atoms with E-state index in [9.17, 15) is 13.5 Å². The first kappa shape index (κ1) is 13.3. The average molecular weight is 306 g/mol. The SMILES string of the molecule is O=S1(=O)C2CCCC1CC(O)(c1ccc3occc3c1)C2. The van der Waals surface area contributed by atoms with E-state index in [2.05, 4.69) is 0 Å². The molecule has 21 heavy (non-hydrogen) atoms. The summed E-state index contributed by atoms with van der Waals surface area (Å²) in [5.74, 6) is 0. The molecule has 0 radical (unpaired) electrons. The highest BCUT2D eigenvalue weighted by Gasteiger charge is 2.50. The van der Waals surface area contributed by atoms with Crippen LogP contribution in [-0.4, -0.2) is 24.0 Å². The highest BCUT2D eigenvalue weighted by Crippen LogP contribution is 2.46. The predicted octanol–water partition coefficient (Wildman–Crippen LogP) is 2.75. The molecule has 0 saturated carbocycles. The van der Waals surface area contributed by atoms with Gasteiger partial charge in [0.2, 0.25) is 0 Å². The van der Waals surface area contributed by atoms with Gasteiger partial charge in [-0.1, -0.05) is 12.5 Å². The van der Waals surface area contributed by atoms with Crippen LogP contribution < -0.4 is 0 Å². The van der Waals surface area contributed by atoms with Gasteiger partial charge in [-0.3, -0.25) is 0 Å². The number of hydrogen-bond donors (Lipinski definition) is 1. The molecule has 0 amide bonds. The third kappa shape index (κ3) is 1.94. The number of aliphatic hydroxyl groups is 1. The minimum atomic E-state index is -3.05. The number of rotatable bonds is 1. The van der Waals surface area contributed by atoms with E-state index >= 15 is 0 Å². The van der Waals surface area contributed by atoms with E-state index in [1.807, 2.05) is 24.3 Å². The van der Waals surface area contributed by atoms with E-state index < -0.39 is 25.9 Å². The number of furan rings is 1. The molecule has 2 atom stereocenters. The molecule has 4 rings (SSSR count). The lowest BCUT2D eigenvalue weighted by atomic mass is 9.80. The second kappa shape index (κ2) is 4.34. The van der Waals surface area contributed by atoms with Crippen LogP contribution in [0.3, 0.4) is 0 Å². The van der Waals surface area contributed by atoms with Gasteiger partial charge in [0.05, 0.1) is 22.4 Å². The third-order valence-electron chi connectivity index (χ3n) is 5.10. The van der Waals surface area contributed by atoms with E-state index in [-0.39, 0.29) is 0 Å². The Morgan fingerprint density at radius 2 is 1.86 bits per heavy atom. The van der Waals surface area contributed by atoms with Gasteiger partial charge in [0.1, 0.15) is 5.58 Å². The van der Waals surface area contributed by atoms with Crippen LogP contribution in [-0.2, 0) is 15.4 Å². The number of benzene rings is 1. The standard InChI is InChI=1S/C16H18O4S/c17-16(12-4-5-15-11(8-12)6-7-20-15)9-13-2-1-3-14(10-16)21(13,18)19/h4-8,13-14,17H,1-3,9-10H2. The zero-order chi connectivity index (χ0) is 14.7. The molecule has 2 bridgehead atoms. The van der Waals surface area contributed by atoms with Crippen LogP contribution in [0.1, 0.15) is 37.7 Å². The molecule has 0 aliphatic carbocycles. The summed E-state index contributed by atoms with van der Waals surface area (Å²) in [6.07, 6.45) is 4.55. The first-order valence-electron chi connectivity index (χ1n) is 7.42. The molecule has 2 fully saturated rings. The average Bonchev–Trinajstić information content (AvgIpc) is 2.88. The van der Waals surface area contributed by atoms with Crippen molar-refractivity contribution in [2.75, 3.05) is 0 Å². The molecule has 1 aromatic carbocycles. The van der Waals surface area contributed by atoms with Crippen molar-refractivity contribution in [1.29, 1.82) is 0 Å². The molecule has 1 aromatic heterocycles. The largest absolute Gasteiger partial charge is 0.464 e. The third-order valence-corrected chi connectivity index (χ3v) is 7.77. The van der Waals surface area contributed by atoms with Gasteiger partial charge in [0, 0.05) is 5.39 Å². The van der Waals surface area contributed by atoms with Crippen LogP contribution in [0.2, 0.25) is 0 Å². The molecular weight excluding hydrogens is 288 g/mol. The highest BCUT2D eigenvalue weighted by atomic mass is 32.2. The summed E-state index contributed by atoms with van der Waals surface area (Å²) in [7, 11) is -3.05. The van der Waals surface area contributed by atoms with Crippen LogP contribution in [0, 0.1) is 0 Å². The molecule has 0 spiro atoms. The quantitative estimate of drug-likeness (QED) is 0.879. The van der Waals surface area contributed by atoms with Gasteiger partial charge in [-0.2, -0.15) is 0 Å². The molecule has 112 valence electrons. The van der Waals surface area contributed by atoms with Crippen molar-refractivity contribution in [1.82, 2.24) is 0 Å². The summed E-state index contributed by atoms with van der Waals surface area (Å²) >= 11 is 0. The van der Waals surface area contributed by atoms with Gasteiger partial charge in [-0.15, -0.1) is 0 Å². The summed E-state index contributed by atoms with van der Waals surface area (Å²) in [6.45, 7) is 0. The zero-order valence-corrected chi connectivity index (χ0v) is 12.5. The van der Waals surface area contributed by atoms with E-state index in [1.54, 1.807) is 6.26 Å². The first-order chi connectivity index (χ1) is 9.99. The maximum atomic E-state index is 12.4. The fourth-order valence-electron chi connectivity index (χ4n) is 3.94. The smallest absolute Gasteiger partial charge is 0.156 e. The Morgan fingerprint density at radius 1 is 1.14 bits per heavy atom. The van der Waals surface area contributed by atoms with Gasteiger partial charge in [0.15, 0.2) is 9.84 Å². The Morgan fingerprint density at radius 3 is 2.57 bits per heavy atom. The molecule has 5 heteroatoms. The molecule has 2 saturated heterocycles. The van der Waals surface area contributed by atoms with Gasteiger partial charge in [-0.05, 0) is 49.4 Å². The monoisotopic (exact) mass is 306 g/mol. The molecule has 2 aromatic rings. The minimum absolute atomic E-state index is 0.315. The summed E-state index contributed by atoms with van der Waals surface area (Å²) in [4.78, 5) is 0. The summed E-state index contributed by atoms with van der Waals surface area (Å²) in [5, 5.41) is 11.2. The fourth-order valence-corrected chi connectivity index (χ4v) is 6.49. The second-order valence-corrected chi connectivity index (χ2v) is 8.89. The molecule has 4 nitrogen and oxygen atoms in total. The van der Waals surface area contributed by atoms with Gasteiger partial charge >= 0.3 is 0 Å². The summed E-state index contributed by atoms with van der Waals surface area (Å²) in [5.41, 5.74) is 0.557. The minimum Gasteiger partial charge on any atom is -0.464 e. The predicted molar refractivity (Wildman–Crippen MR) is 79.7 cm³/mol. The molecule has 3 heterocycles. The Labute approximate surface area is 123 Å². The van der Waals surface area contributed by atoms with Crippen LogP contribution in [0.15, 0.2) is 34.9 Å². The van der Waals surface area contributed by atoms with Crippen molar-refractivity contribution in [2.24, 2.45) is 0 Å². The highest BCUT2D eigenvalue weighted by molar-refractivity contribution is 7.92. The van der Waals surface area contributed by atoms with E-state index in [0.717, 1.165) is 23.0 Å². The summed E-state index contributed by atoms with van der Waals surface area (Å²) in [6, 6.07) is 7.50. The van der Waals surface area contributed by atoms with Crippen molar-refractivity contribution in [3.63, 3.8) is 0 Å². The van der Waals surface area contributed by atoms with Crippen LogP contribution in [0.5, 0.6) is 0 Å². The van der Waals surface area contributed by atoms with E-state index in [0.29, 0.717) is 25.7 Å². The molecular formula is C16H18O4S. The molecule has 2 aliphatic heterocycles. The van der Waals surface area contributed by atoms with E-state index in [1.165, 1.54) is 0 Å².